The van der Waals surface area contributed by atoms with E-state index in [0.717, 1.165) is 0 Å². The second-order valence-electron chi connectivity index (χ2n) is 10.1. The normalized spacial score (nSPS) is 18.0. The third-order valence-electron chi connectivity index (χ3n) is 7.85. The fourth-order valence-corrected chi connectivity index (χ4v) is 6.30. The minimum atomic E-state index is -1.79. The lowest BCUT2D eigenvalue weighted by Gasteiger charge is -2.25. The number of aromatic nitrogens is 1. The van der Waals surface area contributed by atoms with Crippen molar-refractivity contribution in [2.75, 3.05) is 7.11 Å². The molecule has 3 N–H and O–H groups in total. The molecule has 0 saturated carbocycles. The largest absolute Gasteiger partial charge is 0.506 e. The topological polar surface area (TPSA) is 173 Å². The molecule has 4 aromatic rings. The Balaban J connectivity index is 1.77. The molecule has 12 heteroatoms. The number of hydrogen-bond donors (Lipinski definition) is 3. The summed E-state index contributed by atoms with van der Waals surface area (Å²) in [4.78, 5) is 67.4. The van der Waals surface area contributed by atoms with Gasteiger partial charge in [-0.1, -0.05) is 24.9 Å². The smallest absolute Gasteiger partial charge is 0.262 e. The van der Waals surface area contributed by atoms with Crippen molar-refractivity contribution in [3.63, 3.8) is 0 Å². The van der Waals surface area contributed by atoms with Gasteiger partial charge in [0, 0.05) is 41.1 Å². The highest BCUT2D eigenvalue weighted by molar-refractivity contribution is 6.41. The number of pyridine rings is 1. The van der Waals surface area contributed by atoms with Crippen molar-refractivity contribution in [1.82, 2.24) is 4.57 Å². The number of aliphatic hydroxyl groups is 2. The number of ketones is 3. The van der Waals surface area contributed by atoms with Gasteiger partial charge in [-0.2, -0.15) is 0 Å². The van der Waals surface area contributed by atoms with Crippen molar-refractivity contribution in [3.05, 3.63) is 77.0 Å². The highest BCUT2D eigenvalue weighted by Gasteiger charge is 2.41. The number of halogens is 1. The van der Waals surface area contributed by atoms with Gasteiger partial charge in [-0.25, -0.2) is 0 Å². The molecule has 0 unspecified atom stereocenters. The molecule has 0 amide bonds. The van der Waals surface area contributed by atoms with E-state index in [4.69, 9.17) is 20.8 Å². The van der Waals surface area contributed by atoms with Crippen LogP contribution in [0.4, 0.5) is 0 Å². The number of carbonyl (C=O) groups excluding carboxylic acids is 3. The van der Waals surface area contributed by atoms with E-state index >= 15 is 0 Å². The van der Waals surface area contributed by atoms with Crippen LogP contribution in [-0.2, 0) is 13.5 Å². The number of fused-ring (bicyclic) bond motifs is 6. The monoisotopic (exact) mass is 579 g/mol. The van der Waals surface area contributed by atoms with E-state index < -0.39 is 75.0 Å². The number of ether oxygens (including phenoxy) is 1. The summed E-state index contributed by atoms with van der Waals surface area (Å²) in [7, 11) is 2.68. The Morgan fingerprint density at radius 2 is 1.76 bits per heavy atom. The SMILES string of the molecule is CCCc1c(Cl)c2c(c(=O)n1C)C(=O)c1c(ccc3c(OC)c4oc5c(c(=O)c4c(O)c13)[C@H](O)[C@H](O)CC5=O)C2=O. The molecule has 0 radical (unpaired) electrons. The highest BCUT2D eigenvalue weighted by atomic mass is 35.5. The van der Waals surface area contributed by atoms with E-state index in [0.29, 0.717) is 18.5 Å². The molecule has 2 aliphatic carbocycles. The van der Waals surface area contributed by atoms with Crippen molar-refractivity contribution in [3.8, 4) is 11.5 Å². The van der Waals surface area contributed by atoms with E-state index in [-0.39, 0.29) is 43.8 Å². The van der Waals surface area contributed by atoms with Crippen molar-refractivity contribution in [2.24, 2.45) is 7.05 Å². The summed E-state index contributed by atoms with van der Waals surface area (Å²) < 4.78 is 12.4. The molecule has 210 valence electrons. The van der Waals surface area contributed by atoms with Crippen LogP contribution in [0, 0.1) is 0 Å². The van der Waals surface area contributed by atoms with Gasteiger partial charge in [0.2, 0.25) is 17.0 Å². The number of hydrogen-bond acceptors (Lipinski definition) is 10. The van der Waals surface area contributed by atoms with E-state index in [1.165, 1.54) is 30.9 Å². The number of phenolic OH excluding ortho intramolecular Hbond substituents is 1. The van der Waals surface area contributed by atoms with Crippen LogP contribution in [0.1, 0.15) is 79.5 Å². The molecule has 2 aromatic carbocycles. The van der Waals surface area contributed by atoms with Crippen molar-refractivity contribution in [2.45, 2.75) is 38.4 Å². The molecule has 6 rings (SSSR count). The van der Waals surface area contributed by atoms with Crippen LogP contribution in [-0.4, -0.2) is 50.5 Å². The van der Waals surface area contributed by atoms with Gasteiger partial charge in [-0.3, -0.25) is 24.0 Å². The van der Waals surface area contributed by atoms with Crippen LogP contribution >= 0.6 is 11.6 Å². The molecule has 0 bridgehead atoms. The van der Waals surface area contributed by atoms with Gasteiger partial charge in [0.15, 0.2) is 22.9 Å². The van der Waals surface area contributed by atoms with Crippen LogP contribution in [0.3, 0.4) is 0 Å². The highest BCUT2D eigenvalue weighted by Crippen LogP contribution is 2.47. The number of benzene rings is 2. The number of methoxy groups -OCH3 is 1. The van der Waals surface area contributed by atoms with Crippen LogP contribution < -0.4 is 15.7 Å². The first-order chi connectivity index (χ1) is 19.5. The maximum Gasteiger partial charge on any atom is 0.262 e. The number of carbonyl (C=O) groups is 3. The molecule has 11 nitrogen and oxygen atoms in total. The van der Waals surface area contributed by atoms with Gasteiger partial charge in [0.25, 0.3) is 5.56 Å². The summed E-state index contributed by atoms with van der Waals surface area (Å²) in [5.74, 6) is -3.77. The quantitative estimate of drug-likeness (QED) is 0.270. The Hall–Kier alpha value is -4.32. The molecule has 2 aromatic heterocycles. The standard InChI is InChI=1S/C29H22ClNO10/c1-4-5-11-20(30)16-17(29(39)31(11)2)23(36)14-9(21(16)34)6-7-10-15(14)24(37)19-25(38)18-22(35)12(32)8-13(33)27(18)41-28(19)26(10)40-3/h6-7,12,22,32,35,37H,4-5,8H2,1-3H3/t12-,22-/m1/s1. The maximum absolute atomic E-state index is 14.0. The summed E-state index contributed by atoms with van der Waals surface area (Å²) in [5.41, 5.74) is -3.47. The molecule has 0 spiro atoms. The minimum absolute atomic E-state index is 0.0159. The predicted octanol–water partition coefficient (Wildman–Crippen LogP) is 2.72. The number of aliphatic hydroxyl groups excluding tert-OH is 2. The van der Waals surface area contributed by atoms with Gasteiger partial charge in [-0.05, 0) is 18.6 Å². The zero-order chi connectivity index (χ0) is 29.7. The Morgan fingerprint density at radius 3 is 2.41 bits per heavy atom. The Labute approximate surface area is 235 Å². The summed E-state index contributed by atoms with van der Waals surface area (Å²) in [6, 6.07) is 2.70. The molecule has 2 aliphatic rings. The molecular formula is C29H22ClNO10. The number of nitrogens with zero attached hydrogens (tertiary/aromatic N) is 1. The molecule has 2 heterocycles. The van der Waals surface area contributed by atoms with E-state index in [2.05, 4.69) is 0 Å². The van der Waals surface area contributed by atoms with Gasteiger partial charge >= 0.3 is 0 Å². The van der Waals surface area contributed by atoms with Gasteiger partial charge in [0.05, 0.1) is 29.4 Å². The average molecular weight is 580 g/mol. The molecular weight excluding hydrogens is 558 g/mol. The molecule has 0 fully saturated rings. The van der Waals surface area contributed by atoms with E-state index in [9.17, 15) is 39.3 Å². The lowest BCUT2D eigenvalue weighted by atomic mass is 9.80. The van der Waals surface area contributed by atoms with Crippen molar-refractivity contribution < 1.29 is 38.9 Å². The average Bonchev–Trinajstić information content (AvgIpc) is 2.94. The summed E-state index contributed by atoms with van der Waals surface area (Å²) in [6.45, 7) is 1.87. The fraction of sp³-hybridized carbons (Fsp3) is 0.276. The first kappa shape index (κ1) is 26.9. The van der Waals surface area contributed by atoms with E-state index in [1.54, 1.807) is 0 Å². The predicted molar refractivity (Wildman–Crippen MR) is 146 cm³/mol. The van der Waals surface area contributed by atoms with Gasteiger partial charge in [0.1, 0.15) is 22.8 Å². The first-order valence-corrected chi connectivity index (χ1v) is 13.1. The number of rotatable bonds is 3. The summed E-state index contributed by atoms with van der Waals surface area (Å²) in [6.07, 6.45) is -2.85. The van der Waals surface area contributed by atoms with Gasteiger partial charge in [-0.15, -0.1) is 0 Å². The lowest BCUT2D eigenvalue weighted by molar-refractivity contribution is 0.00533. The van der Waals surface area contributed by atoms with Crippen molar-refractivity contribution >= 4 is 50.7 Å². The Bertz CT molecular complexity index is 2040. The molecule has 0 aliphatic heterocycles. The Kier molecular flexibility index (Phi) is 5.96. The maximum atomic E-state index is 14.0. The second-order valence-corrected chi connectivity index (χ2v) is 10.5. The number of aromatic hydroxyl groups is 1. The van der Waals surface area contributed by atoms with E-state index in [1.807, 2.05) is 6.92 Å². The van der Waals surface area contributed by atoms with Gasteiger partial charge < -0.3 is 29.0 Å². The van der Waals surface area contributed by atoms with Crippen LogP contribution in [0.25, 0.3) is 21.7 Å². The summed E-state index contributed by atoms with van der Waals surface area (Å²) in [5, 5.41) is 31.4. The third-order valence-corrected chi connectivity index (χ3v) is 8.26. The molecule has 0 saturated heterocycles. The number of Topliss-reactive ketones (excluding diaryl/α,β-unsaturated/α-hetero) is 1. The third kappa shape index (κ3) is 3.36. The molecule has 2 atom stereocenters. The van der Waals surface area contributed by atoms with Crippen LogP contribution in [0.2, 0.25) is 5.02 Å². The zero-order valence-corrected chi connectivity index (χ0v) is 22.7. The summed E-state index contributed by atoms with van der Waals surface area (Å²) >= 11 is 6.58. The molecule has 41 heavy (non-hydrogen) atoms. The number of phenols is 1. The van der Waals surface area contributed by atoms with Crippen LogP contribution in [0.5, 0.6) is 11.5 Å². The van der Waals surface area contributed by atoms with Crippen molar-refractivity contribution in [1.29, 1.82) is 0 Å². The first-order valence-electron chi connectivity index (χ1n) is 12.7. The minimum Gasteiger partial charge on any atom is -0.506 e. The van der Waals surface area contributed by atoms with Crippen LogP contribution in [0.15, 0.2) is 26.1 Å². The lowest BCUT2D eigenvalue weighted by Crippen LogP contribution is -2.35. The Morgan fingerprint density at radius 1 is 1.05 bits per heavy atom. The second kappa shape index (κ2) is 9.10. The fourth-order valence-electron chi connectivity index (χ4n) is 5.90. The zero-order valence-electron chi connectivity index (χ0n) is 22.0.